The molecule has 1 amide bonds. The Morgan fingerprint density at radius 2 is 2.32 bits per heavy atom. The number of carbonyl (C=O) groups is 1. The number of nitro groups is 1. The van der Waals surface area contributed by atoms with Crippen molar-refractivity contribution in [2.24, 2.45) is 0 Å². The summed E-state index contributed by atoms with van der Waals surface area (Å²) in [6, 6.07) is 6.01. The second-order valence-electron chi connectivity index (χ2n) is 4.20. The van der Waals surface area contributed by atoms with E-state index in [0.717, 1.165) is 0 Å². The molecule has 19 heavy (non-hydrogen) atoms. The number of amides is 1. The van der Waals surface area contributed by atoms with Crippen molar-refractivity contribution in [1.29, 1.82) is 0 Å². The molecule has 1 aromatic rings. The van der Waals surface area contributed by atoms with Crippen molar-refractivity contribution in [3.05, 3.63) is 34.4 Å². The van der Waals surface area contributed by atoms with Crippen LogP contribution in [0, 0.1) is 10.1 Å². The molecular weight excluding hydrogens is 252 g/mol. The molecule has 1 aromatic carbocycles. The molecule has 0 N–H and O–H groups in total. The van der Waals surface area contributed by atoms with E-state index in [1.54, 1.807) is 17.0 Å². The van der Waals surface area contributed by atoms with Gasteiger partial charge in [-0.2, -0.15) is 0 Å². The van der Waals surface area contributed by atoms with Gasteiger partial charge in [-0.3, -0.25) is 10.1 Å². The second-order valence-corrected chi connectivity index (χ2v) is 4.20. The zero-order chi connectivity index (χ0) is 13.8. The lowest BCUT2D eigenvalue weighted by Crippen LogP contribution is -2.30. The van der Waals surface area contributed by atoms with Crippen LogP contribution in [0.3, 0.4) is 0 Å². The molecular formula is C12H14N2O5. The first kappa shape index (κ1) is 13.1. The summed E-state index contributed by atoms with van der Waals surface area (Å²) in [6.07, 6.45) is 0.129. The third kappa shape index (κ3) is 3.12. The van der Waals surface area contributed by atoms with Gasteiger partial charge in [0.05, 0.1) is 24.6 Å². The minimum Gasteiger partial charge on any atom is -0.488 e. The molecule has 1 aliphatic rings. The monoisotopic (exact) mass is 266 g/mol. The maximum atomic E-state index is 11.3. The third-order valence-corrected chi connectivity index (χ3v) is 2.91. The number of nitrogens with zero attached hydrogens (tertiary/aromatic N) is 2. The summed E-state index contributed by atoms with van der Waals surface area (Å²) >= 11 is 0. The summed E-state index contributed by atoms with van der Waals surface area (Å²) in [5, 5.41) is 10.7. The SMILES string of the molecule is COC(=O)N1CC[C@H](Oc2cccc([N+](=O)[O-])c2)C1. The summed E-state index contributed by atoms with van der Waals surface area (Å²) in [4.78, 5) is 23.0. The Morgan fingerprint density at radius 3 is 3.00 bits per heavy atom. The van der Waals surface area contributed by atoms with Crippen LogP contribution in [0.25, 0.3) is 0 Å². The van der Waals surface area contributed by atoms with E-state index in [-0.39, 0.29) is 17.9 Å². The van der Waals surface area contributed by atoms with Gasteiger partial charge in [0.15, 0.2) is 0 Å². The summed E-state index contributed by atoms with van der Waals surface area (Å²) in [5.74, 6) is 0.436. The topological polar surface area (TPSA) is 81.9 Å². The largest absolute Gasteiger partial charge is 0.488 e. The number of benzene rings is 1. The predicted molar refractivity (Wildman–Crippen MR) is 66.1 cm³/mol. The van der Waals surface area contributed by atoms with Crippen molar-refractivity contribution >= 4 is 11.8 Å². The Morgan fingerprint density at radius 1 is 1.53 bits per heavy atom. The van der Waals surface area contributed by atoms with Gasteiger partial charge in [-0.15, -0.1) is 0 Å². The highest BCUT2D eigenvalue weighted by molar-refractivity contribution is 5.67. The summed E-state index contributed by atoms with van der Waals surface area (Å²) in [6.45, 7) is 0.988. The molecule has 0 spiro atoms. The summed E-state index contributed by atoms with van der Waals surface area (Å²) < 4.78 is 10.3. The zero-order valence-corrected chi connectivity index (χ0v) is 10.4. The van der Waals surface area contributed by atoms with Gasteiger partial charge in [0, 0.05) is 19.0 Å². The highest BCUT2D eigenvalue weighted by Crippen LogP contribution is 2.23. The van der Waals surface area contributed by atoms with Gasteiger partial charge in [-0.25, -0.2) is 4.79 Å². The van der Waals surface area contributed by atoms with E-state index in [0.29, 0.717) is 25.3 Å². The first-order valence-corrected chi connectivity index (χ1v) is 5.84. The van der Waals surface area contributed by atoms with E-state index in [4.69, 9.17) is 4.74 Å². The smallest absolute Gasteiger partial charge is 0.409 e. The van der Waals surface area contributed by atoms with E-state index in [2.05, 4.69) is 4.74 Å². The van der Waals surface area contributed by atoms with Crippen LogP contribution in [-0.4, -0.2) is 42.2 Å². The van der Waals surface area contributed by atoms with E-state index >= 15 is 0 Å². The van der Waals surface area contributed by atoms with Crippen LogP contribution in [0.2, 0.25) is 0 Å². The lowest BCUT2D eigenvalue weighted by molar-refractivity contribution is -0.384. The number of methoxy groups -OCH3 is 1. The number of ether oxygens (including phenoxy) is 2. The first-order valence-electron chi connectivity index (χ1n) is 5.84. The van der Waals surface area contributed by atoms with Crippen molar-refractivity contribution in [3.8, 4) is 5.75 Å². The quantitative estimate of drug-likeness (QED) is 0.615. The number of nitro benzene ring substituents is 1. The Balaban J connectivity index is 1.97. The average molecular weight is 266 g/mol. The van der Waals surface area contributed by atoms with Crippen molar-refractivity contribution in [2.45, 2.75) is 12.5 Å². The highest BCUT2D eigenvalue weighted by Gasteiger charge is 2.28. The van der Waals surface area contributed by atoms with Crippen LogP contribution in [0.5, 0.6) is 5.75 Å². The minimum atomic E-state index is -0.470. The molecule has 1 saturated heterocycles. The lowest BCUT2D eigenvalue weighted by Gasteiger charge is -2.15. The second kappa shape index (κ2) is 5.55. The number of hydrogen-bond acceptors (Lipinski definition) is 5. The maximum absolute atomic E-state index is 11.3. The molecule has 7 nitrogen and oxygen atoms in total. The Hall–Kier alpha value is -2.31. The molecule has 1 heterocycles. The van der Waals surface area contributed by atoms with Crippen molar-refractivity contribution in [1.82, 2.24) is 4.90 Å². The molecule has 2 rings (SSSR count). The van der Waals surface area contributed by atoms with Gasteiger partial charge >= 0.3 is 6.09 Å². The van der Waals surface area contributed by atoms with Gasteiger partial charge in [0.1, 0.15) is 11.9 Å². The molecule has 0 saturated carbocycles. The van der Waals surface area contributed by atoms with Crippen LogP contribution in [0.1, 0.15) is 6.42 Å². The fourth-order valence-electron chi connectivity index (χ4n) is 1.98. The van der Waals surface area contributed by atoms with Gasteiger partial charge in [0.25, 0.3) is 5.69 Å². The number of non-ortho nitro benzene ring substituents is 1. The van der Waals surface area contributed by atoms with Gasteiger partial charge in [-0.05, 0) is 6.07 Å². The Kier molecular flexibility index (Phi) is 3.84. The standard InChI is InChI=1S/C12H14N2O5/c1-18-12(15)13-6-5-11(8-13)19-10-4-2-3-9(7-10)14(16)17/h2-4,7,11H,5-6,8H2,1H3/t11-/m0/s1. The first-order chi connectivity index (χ1) is 9.10. The van der Waals surface area contributed by atoms with Gasteiger partial charge in [0.2, 0.25) is 0 Å². The van der Waals surface area contributed by atoms with E-state index in [1.165, 1.54) is 19.2 Å². The number of likely N-dealkylation sites (tertiary alicyclic amines) is 1. The Bertz CT molecular complexity index is 491. The van der Waals surface area contributed by atoms with Crippen LogP contribution < -0.4 is 4.74 Å². The average Bonchev–Trinajstić information content (AvgIpc) is 2.86. The number of rotatable bonds is 3. The van der Waals surface area contributed by atoms with Crippen LogP contribution in [-0.2, 0) is 4.74 Å². The number of carbonyl (C=O) groups excluding carboxylic acids is 1. The molecule has 1 aliphatic heterocycles. The summed E-state index contributed by atoms with van der Waals surface area (Å²) in [5.41, 5.74) is -0.0136. The number of hydrogen-bond donors (Lipinski definition) is 0. The van der Waals surface area contributed by atoms with Crippen LogP contribution in [0.15, 0.2) is 24.3 Å². The van der Waals surface area contributed by atoms with Gasteiger partial charge in [-0.1, -0.05) is 6.07 Å². The summed E-state index contributed by atoms with van der Waals surface area (Å²) in [7, 11) is 1.33. The van der Waals surface area contributed by atoms with Crippen LogP contribution >= 0.6 is 0 Å². The molecule has 0 radical (unpaired) electrons. The molecule has 7 heteroatoms. The van der Waals surface area contributed by atoms with Crippen molar-refractivity contribution in [3.63, 3.8) is 0 Å². The fourth-order valence-corrected chi connectivity index (χ4v) is 1.98. The Labute approximate surface area is 109 Å². The third-order valence-electron chi connectivity index (χ3n) is 2.91. The van der Waals surface area contributed by atoms with Crippen LogP contribution in [0.4, 0.5) is 10.5 Å². The highest BCUT2D eigenvalue weighted by atomic mass is 16.6. The van der Waals surface area contributed by atoms with E-state index in [9.17, 15) is 14.9 Å². The molecule has 1 atom stereocenters. The predicted octanol–water partition coefficient (Wildman–Crippen LogP) is 1.81. The fraction of sp³-hybridized carbons (Fsp3) is 0.417. The zero-order valence-electron chi connectivity index (χ0n) is 10.4. The normalized spacial score (nSPS) is 18.2. The molecule has 0 aliphatic carbocycles. The maximum Gasteiger partial charge on any atom is 0.409 e. The van der Waals surface area contributed by atoms with Gasteiger partial charge < -0.3 is 14.4 Å². The van der Waals surface area contributed by atoms with E-state index in [1.807, 2.05) is 0 Å². The lowest BCUT2D eigenvalue weighted by atomic mass is 10.3. The molecule has 102 valence electrons. The molecule has 0 aromatic heterocycles. The van der Waals surface area contributed by atoms with Crippen molar-refractivity contribution < 1.29 is 19.2 Å². The van der Waals surface area contributed by atoms with Crippen molar-refractivity contribution in [2.75, 3.05) is 20.2 Å². The molecule has 0 bridgehead atoms. The minimum absolute atomic E-state index is 0.0136. The molecule has 0 unspecified atom stereocenters. The van der Waals surface area contributed by atoms with E-state index < -0.39 is 4.92 Å². The molecule has 1 fully saturated rings.